The number of carbonyl (C=O) groups is 1. The number of nitrogens with one attached hydrogen (secondary N) is 1. The molecule has 2 amide bonds. The Morgan fingerprint density at radius 3 is 1.41 bits per heavy atom. The van der Waals surface area contributed by atoms with Gasteiger partial charge < -0.3 is 24.3 Å². The van der Waals surface area contributed by atoms with Crippen molar-refractivity contribution >= 4 is 19.5 Å². The smallest absolute Gasteiger partial charge is 0.379 e. The third kappa shape index (κ3) is 38.7. The molecule has 0 radical (unpaired) electrons. The summed E-state index contributed by atoms with van der Waals surface area (Å²) < 4.78 is 31.1. The van der Waals surface area contributed by atoms with Gasteiger partial charge in [0.25, 0.3) is 0 Å². The molecule has 2 unspecified atom stereocenters. The molecule has 0 fully saturated rings. The van der Waals surface area contributed by atoms with Crippen LogP contribution in [0.3, 0.4) is 0 Å². The number of rotatable bonds is 45. The van der Waals surface area contributed by atoms with Crippen molar-refractivity contribution in [1.29, 1.82) is 0 Å². The third-order valence-electron chi connectivity index (χ3n) is 11.8. The maximum atomic E-state index is 13.7. The van der Waals surface area contributed by atoms with E-state index in [0.29, 0.717) is 29.9 Å². The number of benzene rings is 1. The molecule has 0 saturated carbocycles. The molecular formula is C51H99N3O6P+. The number of phosphoric acid groups is 1. The molecule has 0 saturated heterocycles. The van der Waals surface area contributed by atoms with Gasteiger partial charge in [-0.2, -0.15) is 0 Å². The van der Waals surface area contributed by atoms with Crippen molar-refractivity contribution in [2.45, 2.75) is 225 Å². The first-order chi connectivity index (χ1) is 29.6. The second-order valence-electron chi connectivity index (χ2n) is 19.0. The minimum absolute atomic E-state index is 0.0847. The van der Waals surface area contributed by atoms with Crippen LogP contribution in [-0.2, 0) is 18.3 Å². The van der Waals surface area contributed by atoms with E-state index in [1.807, 2.05) is 51.5 Å². The number of urea groups is 1. The number of phosphoric ester groups is 1. The molecule has 1 aromatic carbocycles. The lowest BCUT2D eigenvalue weighted by molar-refractivity contribution is -0.870. The first kappa shape index (κ1) is 57.5. The van der Waals surface area contributed by atoms with Gasteiger partial charge in [-0.05, 0) is 25.0 Å². The van der Waals surface area contributed by atoms with E-state index >= 15 is 0 Å². The zero-order chi connectivity index (χ0) is 44.5. The topological polar surface area (TPSA) is 97.3 Å². The van der Waals surface area contributed by atoms with Gasteiger partial charge in [0.2, 0.25) is 0 Å². The van der Waals surface area contributed by atoms with Crippen LogP contribution in [0.25, 0.3) is 0 Å². The Balaban J connectivity index is 2.53. The van der Waals surface area contributed by atoms with Crippen molar-refractivity contribution in [3.05, 3.63) is 30.3 Å². The van der Waals surface area contributed by atoms with Crippen LogP contribution in [0.5, 0.6) is 0 Å². The number of ether oxygens (including phenoxy) is 1. The average Bonchev–Trinajstić information content (AvgIpc) is 3.22. The predicted octanol–water partition coefficient (Wildman–Crippen LogP) is 15.3. The predicted molar refractivity (Wildman–Crippen MR) is 260 cm³/mol. The van der Waals surface area contributed by atoms with E-state index < -0.39 is 13.9 Å². The van der Waals surface area contributed by atoms with Crippen LogP contribution in [0.1, 0.15) is 219 Å². The molecule has 0 heterocycles. The molecule has 0 aromatic heterocycles. The van der Waals surface area contributed by atoms with E-state index in [2.05, 4.69) is 19.2 Å². The van der Waals surface area contributed by atoms with Gasteiger partial charge in [0, 0.05) is 18.8 Å². The van der Waals surface area contributed by atoms with Crippen molar-refractivity contribution in [1.82, 2.24) is 4.90 Å². The summed E-state index contributed by atoms with van der Waals surface area (Å²) in [5.41, 5.74) is 0.706. The summed E-state index contributed by atoms with van der Waals surface area (Å²) >= 11 is 0. The van der Waals surface area contributed by atoms with Crippen molar-refractivity contribution in [3.8, 4) is 0 Å². The SMILES string of the molecule is CCCCCCCCCCCCCCCCCCCCOCC(CN(CCCCCCCCCCCCCCCC)C(=O)Nc1ccccc1)OP(=O)(O)OCC[N+](C)(C)C. The summed E-state index contributed by atoms with van der Waals surface area (Å²) in [6, 6.07) is 9.18. The number of amides is 2. The van der Waals surface area contributed by atoms with Crippen LogP contribution >= 0.6 is 7.82 Å². The Bertz CT molecular complexity index is 1150. The van der Waals surface area contributed by atoms with Crippen LogP contribution in [0.4, 0.5) is 10.5 Å². The fourth-order valence-electron chi connectivity index (χ4n) is 7.83. The van der Waals surface area contributed by atoms with Gasteiger partial charge in [-0.25, -0.2) is 9.36 Å². The number of hydrogen-bond acceptors (Lipinski definition) is 5. The largest absolute Gasteiger partial charge is 0.472 e. The number of quaternary nitrogens is 1. The summed E-state index contributed by atoms with van der Waals surface area (Å²) in [6.45, 7) is 6.50. The van der Waals surface area contributed by atoms with Gasteiger partial charge in [-0.3, -0.25) is 9.05 Å². The van der Waals surface area contributed by atoms with Gasteiger partial charge in [0.1, 0.15) is 19.3 Å². The Labute approximate surface area is 377 Å². The van der Waals surface area contributed by atoms with Crippen molar-refractivity contribution in [2.24, 2.45) is 0 Å². The van der Waals surface area contributed by atoms with Gasteiger partial charge in [0.15, 0.2) is 0 Å². The zero-order valence-corrected chi connectivity index (χ0v) is 41.6. The van der Waals surface area contributed by atoms with E-state index in [9.17, 15) is 14.3 Å². The lowest BCUT2D eigenvalue weighted by atomic mass is 10.0. The van der Waals surface area contributed by atoms with Crippen molar-refractivity contribution < 1.29 is 32.5 Å². The van der Waals surface area contributed by atoms with Crippen LogP contribution in [-0.4, -0.2) is 87.0 Å². The summed E-state index contributed by atoms with van der Waals surface area (Å²) in [4.78, 5) is 26.2. The van der Waals surface area contributed by atoms with Crippen LogP contribution in [0, 0.1) is 0 Å². The fraction of sp³-hybridized carbons (Fsp3) is 0.863. The number of anilines is 1. The minimum Gasteiger partial charge on any atom is -0.379 e. The molecule has 1 aromatic rings. The number of hydrogen-bond donors (Lipinski definition) is 2. The van der Waals surface area contributed by atoms with Crippen LogP contribution < -0.4 is 5.32 Å². The molecule has 2 atom stereocenters. The van der Waals surface area contributed by atoms with E-state index in [-0.39, 0.29) is 25.8 Å². The normalized spacial score (nSPS) is 13.3. The van der Waals surface area contributed by atoms with Gasteiger partial charge in [0.05, 0.1) is 34.3 Å². The molecule has 0 aliphatic carbocycles. The molecule has 0 aliphatic rings. The molecule has 10 heteroatoms. The Morgan fingerprint density at radius 2 is 1.00 bits per heavy atom. The summed E-state index contributed by atoms with van der Waals surface area (Å²) in [6.07, 6.45) is 40.8. The molecule has 0 aliphatic heterocycles. The lowest BCUT2D eigenvalue weighted by Crippen LogP contribution is -2.43. The summed E-state index contributed by atoms with van der Waals surface area (Å²) in [5, 5.41) is 3.02. The standard InChI is InChI=1S/C51H98N3O6P/c1-6-8-10-12-14-16-18-20-22-23-24-25-27-29-31-33-35-40-45-58-48-50(60-61(56,57)59-46-44-54(3,4)5)47-53(51(55)52-49-41-37-36-38-42-49)43-39-34-32-30-28-26-21-19-17-15-13-11-9-7-2/h36-38,41-42,50H,6-35,39-40,43-48H2,1-5H3,(H-,52,55,56,57)/p+1. The monoisotopic (exact) mass is 881 g/mol. The van der Waals surface area contributed by atoms with Crippen LogP contribution in [0.2, 0.25) is 0 Å². The summed E-state index contributed by atoms with van der Waals surface area (Å²) in [5.74, 6) is 0. The molecular weight excluding hydrogens is 782 g/mol. The van der Waals surface area contributed by atoms with E-state index in [0.717, 1.165) is 32.1 Å². The highest BCUT2D eigenvalue weighted by Gasteiger charge is 2.30. The van der Waals surface area contributed by atoms with Gasteiger partial charge >= 0.3 is 13.9 Å². The van der Waals surface area contributed by atoms with Gasteiger partial charge in [-0.1, -0.05) is 225 Å². The maximum Gasteiger partial charge on any atom is 0.472 e. The van der Waals surface area contributed by atoms with Crippen molar-refractivity contribution in [3.63, 3.8) is 0 Å². The van der Waals surface area contributed by atoms with E-state index in [4.69, 9.17) is 13.8 Å². The van der Waals surface area contributed by atoms with Crippen LogP contribution in [0.15, 0.2) is 30.3 Å². The molecule has 9 nitrogen and oxygen atoms in total. The number of likely N-dealkylation sites (N-methyl/N-ethyl adjacent to an activating group) is 1. The highest BCUT2D eigenvalue weighted by molar-refractivity contribution is 7.47. The molecule has 1 rings (SSSR count). The van der Waals surface area contributed by atoms with Gasteiger partial charge in [-0.15, -0.1) is 0 Å². The first-order valence-electron chi connectivity index (χ1n) is 25.7. The molecule has 0 bridgehead atoms. The second-order valence-corrected chi connectivity index (χ2v) is 20.4. The maximum absolute atomic E-state index is 13.7. The van der Waals surface area contributed by atoms with E-state index in [1.54, 1.807) is 4.90 Å². The second kappa shape index (κ2) is 40.1. The number of carbonyl (C=O) groups excluding carboxylic acids is 1. The van der Waals surface area contributed by atoms with E-state index in [1.165, 1.54) is 173 Å². The Kier molecular flexibility index (Phi) is 37.8. The Morgan fingerprint density at radius 1 is 0.607 bits per heavy atom. The minimum atomic E-state index is -4.39. The zero-order valence-electron chi connectivity index (χ0n) is 40.7. The molecule has 0 spiro atoms. The average molecular weight is 881 g/mol. The Hall–Kier alpha value is -1.48. The third-order valence-corrected chi connectivity index (χ3v) is 12.8. The number of unbranched alkanes of at least 4 members (excludes halogenated alkanes) is 30. The highest BCUT2D eigenvalue weighted by Crippen LogP contribution is 2.44. The lowest BCUT2D eigenvalue weighted by Gasteiger charge is -2.29. The first-order valence-corrected chi connectivity index (χ1v) is 27.2. The van der Waals surface area contributed by atoms with Crippen molar-refractivity contribution in [2.75, 3.05) is 65.9 Å². The quantitative estimate of drug-likeness (QED) is 0.0385. The molecule has 2 N–H and O–H groups in total. The molecule has 358 valence electrons. The molecule has 61 heavy (non-hydrogen) atoms. The highest BCUT2D eigenvalue weighted by atomic mass is 31.2. The summed E-state index contributed by atoms with van der Waals surface area (Å²) in [7, 11) is 1.62. The number of nitrogens with zero attached hydrogens (tertiary/aromatic N) is 2. The number of para-hydroxylation sites is 1. The fourth-order valence-corrected chi connectivity index (χ4v) is 8.71.